The zero-order chi connectivity index (χ0) is 16.4. The summed E-state index contributed by atoms with van der Waals surface area (Å²) in [5.74, 6) is -0.344. The molecular weight excluding hydrogens is 358 g/mol. The van der Waals surface area contributed by atoms with E-state index in [4.69, 9.17) is 0 Å². The highest BCUT2D eigenvalue weighted by atomic mass is 79.9. The van der Waals surface area contributed by atoms with Crippen molar-refractivity contribution in [3.63, 3.8) is 0 Å². The van der Waals surface area contributed by atoms with Crippen LogP contribution in [0, 0.1) is 6.92 Å². The predicted molar refractivity (Wildman–Crippen MR) is 89.8 cm³/mol. The number of aryl methyl sites for hydroxylation is 1. The van der Waals surface area contributed by atoms with Gasteiger partial charge in [0.05, 0.1) is 5.56 Å². The molecule has 0 unspecified atom stereocenters. The number of carbonyl (C=O) groups is 2. The lowest BCUT2D eigenvalue weighted by Crippen LogP contribution is -2.45. The van der Waals surface area contributed by atoms with Crippen LogP contribution in [0.4, 0.5) is 0 Å². The highest BCUT2D eigenvalue weighted by Crippen LogP contribution is 2.20. The highest BCUT2D eigenvalue weighted by Gasteiger charge is 2.32. The average molecular weight is 374 g/mol. The highest BCUT2D eigenvalue weighted by molar-refractivity contribution is 9.10. The summed E-state index contributed by atoms with van der Waals surface area (Å²) in [5.41, 5.74) is 1.95. The van der Waals surface area contributed by atoms with Crippen LogP contribution in [0.3, 0.4) is 0 Å². The minimum absolute atomic E-state index is 0.162. The van der Waals surface area contributed by atoms with E-state index < -0.39 is 0 Å². The molecule has 0 radical (unpaired) electrons. The molecule has 1 aromatic carbocycles. The Morgan fingerprint density at radius 3 is 2.35 bits per heavy atom. The molecule has 1 fully saturated rings. The molecule has 0 bridgehead atoms. The lowest BCUT2D eigenvalue weighted by Gasteiger charge is -2.28. The summed E-state index contributed by atoms with van der Waals surface area (Å²) < 4.78 is 0.911. The SMILES string of the molecule is Cc1ccncc1C(=O)N1CCCN1C(=O)c1ccc(Br)cc1. The van der Waals surface area contributed by atoms with E-state index in [-0.39, 0.29) is 11.8 Å². The third kappa shape index (κ3) is 3.12. The maximum atomic E-state index is 12.8. The molecule has 3 rings (SSSR count). The standard InChI is InChI=1S/C17H16BrN3O2/c1-12-7-8-19-11-15(12)17(23)21-10-2-9-20(21)16(22)13-3-5-14(18)6-4-13/h3-8,11H,2,9-10H2,1H3. The van der Waals surface area contributed by atoms with E-state index in [1.165, 1.54) is 10.0 Å². The van der Waals surface area contributed by atoms with Gasteiger partial charge in [0.15, 0.2) is 0 Å². The molecule has 118 valence electrons. The van der Waals surface area contributed by atoms with Crippen molar-refractivity contribution in [1.82, 2.24) is 15.0 Å². The molecule has 2 amide bonds. The summed E-state index contributed by atoms with van der Waals surface area (Å²) in [5, 5.41) is 3.05. The fraction of sp³-hybridized carbons (Fsp3) is 0.235. The number of hydrazine groups is 1. The predicted octanol–water partition coefficient (Wildman–Crippen LogP) is 3.06. The summed E-state index contributed by atoms with van der Waals surface area (Å²) in [6, 6.07) is 8.94. The first kappa shape index (κ1) is 15.7. The molecule has 0 N–H and O–H groups in total. The Hall–Kier alpha value is -2.21. The van der Waals surface area contributed by atoms with Gasteiger partial charge in [-0.05, 0) is 49.2 Å². The Bertz CT molecular complexity index is 746. The van der Waals surface area contributed by atoms with E-state index >= 15 is 0 Å². The van der Waals surface area contributed by atoms with Crippen LogP contribution in [0.1, 0.15) is 32.7 Å². The zero-order valence-corrected chi connectivity index (χ0v) is 14.3. The van der Waals surface area contributed by atoms with Gasteiger partial charge >= 0.3 is 0 Å². The molecule has 6 heteroatoms. The largest absolute Gasteiger partial charge is 0.274 e. The summed E-state index contributed by atoms with van der Waals surface area (Å²) in [6.45, 7) is 2.95. The fourth-order valence-electron chi connectivity index (χ4n) is 2.60. The molecule has 5 nitrogen and oxygen atoms in total. The van der Waals surface area contributed by atoms with E-state index in [0.717, 1.165) is 16.5 Å². The third-order valence-corrected chi connectivity index (χ3v) is 4.39. The first-order valence-electron chi connectivity index (χ1n) is 7.38. The minimum Gasteiger partial charge on any atom is -0.267 e. The van der Waals surface area contributed by atoms with Gasteiger partial charge in [0.25, 0.3) is 11.8 Å². The van der Waals surface area contributed by atoms with Crippen LogP contribution in [-0.4, -0.2) is 39.9 Å². The van der Waals surface area contributed by atoms with Gasteiger partial charge in [0, 0.05) is 35.5 Å². The molecule has 2 heterocycles. The summed E-state index contributed by atoms with van der Waals surface area (Å²) in [4.78, 5) is 29.5. The molecule has 2 aromatic rings. The van der Waals surface area contributed by atoms with Gasteiger partial charge in [-0.3, -0.25) is 14.6 Å². The number of hydrogen-bond donors (Lipinski definition) is 0. The maximum Gasteiger partial charge on any atom is 0.274 e. The van der Waals surface area contributed by atoms with Crippen LogP contribution in [0.15, 0.2) is 47.2 Å². The maximum absolute atomic E-state index is 12.8. The summed E-state index contributed by atoms with van der Waals surface area (Å²) >= 11 is 3.36. The number of rotatable bonds is 2. The fourth-order valence-corrected chi connectivity index (χ4v) is 2.87. The zero-order valence-electron chi connectivity index (χ0n) is 12.7. The van der Waals surface area contributed by atoms with Gasteiger partial charge in [-0.1, -0.05) is 15.9 Å². The van der Waals surface area contributed by atoms with E-state index in [9.17, 15) is 9.59 Å². The van der Waals surface area contributed by atoms with Crippen molar-refractivity contribution in [2.24, 2.45) is 0 Å². The Kier molecular flexibility index (Phi) is 4.43. The first-order chi connectivity index (χ1) is 11.1. The molecule has 0 spiro atoms. The molecule has 1 saturated heterocycles. The second-order valence-corrected chi connectivity index (χ2v) is 6.32. The quantitative estimate of drug-likeness (QED) is 0.812. The van der Waals surface area contributed by atoms with E-state index in [0.29, 0.717) is 24.2 Å². The van der Waals surface area contributed by atoms with Crippen molar-refractivity contribution < 1.29 is 9.59 Å². The van der Waals surface area contributed by atoms with E-state index in [1.54, 1.807) is 30.6 Å². The monoisotopic (exact) mass is 373 g/mol. The molecule has 0 saturated carbocycles. The van der Waals surface area contributed by atoms with Crippen molar-refractivity contribution in [1.29, 1.82) is 0 Å². The Morgan fingerprint density at radius 2 is 1.70 bits per heavy atom. The Morgan fingerprint density at radius 1 is 1.04 bits per heavy atom. The third-order valence-electron chi connectivity index (χ3n) is 3.86. The Balaban J connectivity index is 1.85. The number of nitrogens with zero attached hydrogens (tertiary/aromatic N) is 3. The number of halogens is 1. The summed E-state index contributed by atoms with van der Waals surface area (Å²) in [6.07, 6.45) is 3.98. The normalized spacial score (nSPS) is 14.2. The second kappa shape index (κ2) is 6.50. The number of carbonyl (C=O) groups excluding carboxylic acids is 2. The first-order valence-corrected chi connectivity index (χ1v) is 8.17. The molecule has 1 aromatic heterocycles. The van der Waals surface area contributed by atoms with E-state index in [1.807, 2.05) is 19.1 Å². The van der Waals surface area contributed by atoms with Gasteiger partial charge < -0.3 is 0 Å². The van der Waals surface area contributed by atoms with E-state index in [2.05, 4.69) is 20.9 Å². The lowest BCUT2D eigenvalue weighted by atomic mass is 10.1. The number of hydrogen-bond acceptors (Lipinski definition) is 3. The van der Waals surface area contributed by atoms with Gasteiger partial charge in [-0.2, -0.15) is 0 Å². The number of amides is 2. The van der Waals surface area contributed by atoms with Gasteiger partial charge in [0.1, 0.15) is 0 Å². The molecule has 0 atom stereocenters. The van der Waals surface area contributed by atoms with Crippen LogP contribution >= 0.6 is 15.9 Å². The van der Waals surface area contributed by atoms with Crippen LogP contribution in [0.2, 0.25) is 0 Å². The van der Waals surface area contributed by atoms with Crippen LogP contribution in [0.25, 0.3) is 0 Å². The number of pyridine rings is 1. The van der Waals surface area contributed by atoms with Crippen LogP contribution < -0.4 is 0 Å². The average Bonchev–Trinajstić information content (AvgIpc) is 3.04. The van der Waals surface area contributed by atoms with Crippen molar-refractivity contribution in [3.8, 4) is 0 Å². The van der Waals surface area contributed by atoms with Crippen LogP contribution in [0.5, 0.6) is 0 Å². The van der Waals surface area contributed by atoms with Gasteiger partial charge in [-0.25, -0.2) is 10.0 Å². The molecular formula is C17H16BrN3O2. The van der Waals surface area contributed by atoms with Crippen molar-refractivity contribution in [2.45, 2.75) is 13.3 Å². The van der Waals surface area contributed by atoms with Gasteiger partial charge in [-0.15, -0.1) is 0 Å². The molecule has 23 heavy (non-hydrogen) atoms. The Labute approximate surface area is 143 Å². The summed E-state index contributed by atoms with van der Waals surface area (Å²) in [7, 11) is 0. The van der Waals surface area contributed by atoms with Crippen molar-refractivity contribution in [2.75, 3.05) is 13.1 Å². The van der Waals surface area contributed by atoms with Crippen molar-refractivity contribution >= 4 is 27.7 Å². The molecule has 1 aliphatic heterocycles. The van der Waals surface area contributed by atoms with Crippen LogP contribution in [-0.2, 0) is 0 Å². The van der Waals surface area contributed by atoms with Gasteiger partial charge in [0.2, 0.25) is 0 Å². The second-order valence-electron chi connectivity index (χ2n) is 5.41. The lowest BCUT2D eigenvalue weighted by molar-refractivity contribution is 0.0185. The smallest absolute Gasteiger partial charge is 0.267 e. The number of benzene rings is 1. The topological polar surface area (TPSA) is 53.5 Å². The number of aromatic nitrogens is 1. The molecule has 1 aliphatic rings. The van der Waals surface area contributed by atoms with Crippen molar-refractivity contribution in [3.05, 3.63) is 63.9 Å². The molecule has 0 aliphatic carbocycles. The minimum atomic E-state index is -0.182.